The molecular formula is C15H19ClFN. The lowest BCUT2D eigenvalue weighted by Crippen LogP contribution is -2.16. The summed E-state index contributed by atoms with van der Waals surface area (Å²) in [5.41, 5.74) is 2.10. The van der Waals surface area contributed by atoms with Gasteiger partial charge >= 0.3 is 0 Å². The summed E-state index contributed by atoms with van der Waals surface area (Å²) in [7, 11) is 0. The van der Waals surface area contributed by atoms with Gasteiger partial charge in [0.05, 0.1) is 0 Å². The molecule has 1 fully saturated rings. The van der Waals surface area contributed by atoms with E-state index in [0.29, 0.717) is 5.02 Å². The average Bonchev–Trinajstić information content (AvgIpc) is 3.13. The maximum Gasteiger partial charge on any atom is 0.123 e. The first-order chi connectivity index (χ1) is 8.65. The van der Waals surface area contributed by atoms with Gasteiger partial charge in [-0.2, -0.15) is 0 Å². The molecular weight excluding hydrogens is 249 g/mol. The number of halogens is 2. The molecule has 1 N–H and O–H groups in total. The maximum atomic E-state index is 13.1. The molecule has 98 valence electrons. The molecule has 1 aliphatic carbocycles. The van der Waals surface area contributed by atoms with Gasteiger partial charge < -0.3 is 5.32 Å². The molecule has 1 nitrogen and oxygen atoms in total. The quantitative estimate of drug-likeness (QED) is 0.604. The van der Waals surface area contributed by atoms with Crippen molar-refractivity contribution in [3.8, 4) is 0 Å². The van der Waals surface area contributed by atoms with Gasteiger partial charge in [-0.3, -0.25) is 0 Å². The molecule has 1 aromatic carbocycles. The summed E-state index contributed by atoms with van der Waals surface area (Å²) < 4.78 is 13.1. The fraction of sp³-hybridized carbons (Fsp3) is 0.467. The maximum absolute atomic E-state index is 13.1. The van der Waals surface area contributed by atoms with Crippen molar-refractivity contribution >= 4 is 11.6 Å². The van der Waals surface area contributed by atoms with E-state index >= 15 is 0 Å². The Morgan fingerprint density at radius 1 is 1.50 bits per heavy atom. The Kier molecular flexibility index (Phi) is 4.79. The number of benzene rings is 1. The molecule has 0 aromatic heterocycles. The summed E-state index contributed by atoms with van der Waals surface area (Å²) in [6, 6.07) is 5.29. The number of allylic oxidation sites excluding steroid dienone is 1. The van der Waals surface area contributed by atoms with E-state index in [1.165, 1.54) is 30.5 Å². The minimum absolute atomic E-state index is 0.224. The first-order valence-electron chi connectivity index (χ1n) is 6.48. The van der Waals surface area contributed by atoms with Gasteiger partial charge in [-0.25, -0.2) is 4.39 Å². The van der Waals surface area contributed by atoms with Gasteiger partial charge in [-0.05, 0) is 62.9 Å². The molecule has 0 spiro atoms. The molecule has 0 atom stereocenters. The van der Waals surface area contributed by atoms with E-state index in [1.54, 1.807) is 6.07 Å². The average molecular weight is 268 g/mol. The van der Waals surface area contributed by atoms with Crippen LogP contribution in [0, 0.1) is 5.82 Å². The Hall–Kier alpha value is -0.860. The Balaban J connectivity index is 1.82. The standard InChI is InChI=1S/C15H19ClFN/c1-11(3-2-8-18-14-5-6-14)9-12-10-13(17)4-7-15(12)16/h3-4,7,10,14,18H,2,5-6,8-9H2,1H3/b11-3-. The van der Waals surface area contributed by atoms with E-state index in [4.69, 9.17) is 11.6 Å². The van der Waals surface area contributed by atoms with E-state index in [9.17, 15) is 4.39 Å². The zero-order valence-electron chi connectivity index (χ0n) is 10.7. The van der Waals surface area contributed by atoms with Gasteiger partial charge in [0, 0.05) is 11.1 Å². The van der Waals surface area contributed by atoms with Crippen LogP contribution in [0.3, 0.4) is 0 Å². The zero-order valence-corrected chi connectivity index (χ0v) is 11.4. The van der Waals surface area contributed by atoms with Crippen LogP contribution < -0.4 is 5.32 Å². The molecule has 0 aliphatic heterocycles. The van der Waals surface area contributed by atoms with Crippen molar-refractivity contribution in [2.75, 3.05) is 6.54 Å². The van der Waals surface area contributed by atoms with Crippen molar-refractivity contribution in [2.45, 2.75) is 38.6 Å². The monoisotopic (exact) mass is 267 g/mol. The zero-order chi connectivity index (χ0) is 13.0. The van der Waals surface area contributed by atoms with E-state index < -0.39 is 0 Å². The third-order valence-electron chi connectivity index (χ3n) is 3.12. The summed E-state index contributed by atoms with van der Waals surface area (Å²) in [6.07, 6.45) is 6.59. The fourth-order valence-corrected chi connectivity index (χ4v) is 2.13. The highest BCUT2D eigenvalue weighted by Crippen LogP contribution is 2.21. The van der Waals surface area contributed by atoms with Crippen LogP contribution in [-0.4, -0.2) is 12.6 Å². The first-order valence-corrected chi connectivity index (χ1v) is 6.86. The van der Waals surface area contributed by atoms with Crippen molar-refractivity contribution in [3.63, 3.8) is 0 Å². The van der Waals surface area contributed by atoms with E-state index in [-0.39, 0.29) is 5.82 Å². The van der Waals surface area contributed by atoms with Crippen molar-refractivity contribution in [1.29, 1.82) is 0 Å². The molecule has 18 heavy (non-hydrogen) atoms. The molecule has 0 amide bonds. The Morgan fingerprint density at radius 2 is 2.28 bits per heavy atom. The molecule has 0 heterocycles. The predicted molar refractivity (Wildman–Crippen MR) is 74.5 cm³/mol. The molecule has 0 unspecified atom stereocenters. The van der Waals surface area contributed by atoms with Gasteiger partial charge in [0.1, 0.15) is 5.82 Å². The molecule has 2 rings (SSSR count). The summed E-state index contributed by atoms with van der Waals surface area (Å²) in [5.74, 6) is -0.224. The summed E-state index contributed by atoms with van der Waals surface area (Å²) in [5, 5.41) is 4.10. The van der Waals surface area contributed by atoms with Crippen molar-refractivity contribution in [1.82, 2.24) is 5.32 Å². The summed E-state index contributed by atoms with van der Waals surface area (Å²) in [4.78, 5) is 0. The normalized spacial score (nSPS) is 16.1. The number of hydrogen-bond acceptors (Lipinski definition) is 1. The topological polar surface area (TPSA) is 12.0 Å². The SMILES string of the molecule is C/C(=C/CCNC1CC1)Cc1cc(F)ccc1Cl. The molecule has 1 saturated carbocycles. The minimum Gasteiger partial charge on any atom is -0.314 e. The van der Waals surface area contributed by atoms with Crippen LogP contribution in [0.5, 0.6) is 0 Å². The number of rotatable bonds is 6. The highest BCUT2D eigenvalue weighted by atomic mass is 35.5. The van der Waals surface area contributed by atoms with Crippen molar-refractivity contribution in [2.24, 2.45) is 0 Å². The van der Waals surface area contributed by atoms with E-state index in [0.717, 1.165) is 31.0 Å². The molecule has 0 bridgehead atoms. The second-order valence-electron chi connectivity index (χ2n) is 4.98. The second-order valence-corrected chi connectivity index (χ2v) is 5.39. The summed E-state index contributed by atoms with van der Waals surface area (Å²) >= 11 is 6.05. The first kappa shape index (κ1) is 13.6. The van der Waals surface area contributed by atoms with Gasteiger partial charge in [0.2, 0.25) is 0 Å². The predicted octanol–water partition coefficient (Wildman–Crippen LogP) is 4.11. The summed E-state index contributed by atoms with van der Waals surface area (Å²) in [6.45, 7) is 3.09. The van der Waals surface area contributed by atoms with Crippen LogP contribution in [0.2, 0.25) is 5.02 Å². The van der Waals surface area contributed by atoms with E-state index in [2.05, 4.69) is 18.3 Å². The molecule has 1 aliphatic rings. The highest BCUT2D eigenvalue weighted by Gasteiger charge is 2.19. The number of hydrogen-bond donors (Lipinski definition) is 1. The van der Waals surface area contributed by atoms with Crippen LogP contribution in [0.4, 0.5) is 4.39 Å². The van der Waals surface area contributed by atoms with Crippen LogP contribution in [0.15, 0.2) is 29.8 Å². The highest BCUT2D eigenvalue weighted by molar-refractivity contribution is 6.31. The largest absolute Gasteiger partial charge is 0.314 e. The molecule has 0 radical (unpaired) electrons. The lowest BCUT2D eigenvalue weighted by atomic mass is 10.1. The second kappa shape index (κ2) is 6.35. The van der Waals surface area contributed by atoms with Gasteiger partial charge in [0.25, 0.3) is 0 Å². The smallest absolute Gasteiger partial charge is 0.123 e. The Labute approximate surface area is 113 Å². The minimum atomic E-state index is -0.224. The molecule has 1 aromatic rings. The van der Waals surface area contributed by atoms with Crippen molar-refractivity contribution in [3.05, 3.63) is 46.3 Å². The Morgan fingerprint density at radius 3 is 3.00 bits per heavy atom. The van der Waals surface area contributed by atoms with E-state index in [1.807, 2.05) is 0 Å². The fourth-order valence-electron chi connectivity index (χ4n) is 1.94. The van der Waals surface area contributed by atoms with Crippen molar-refractivity contribution < 1.29 is 4.39 Å². The lowest BCUT2D eigenvalue weighted by Gasteiger charge is -2.05. The van der Waals surface area contributed by atoms with Gasteiger partial charge in [-0.1, -0.05) is 23.3 Å². The van der Waals surface area contributed by atoms with Crippen LogP contribution in [0.1, 0.15) is 31.7 Å². The molecule has 0 saturated heterocycles. The Bertz CT molecular complexity index is 438. The molecule has 3 heteroatoms. The third kappa shape index (κ3) is 4.43. The number of nitrogens with one attached hydrogen (secondary N) is 1. The lowest BCUT2D eigenvalue weighted by molar-refractivity contribution is 0.626. The van der Waals surface area contributed by atoms with Crippen LogP contribution in [-0.2, 0) is 6.42 Å². The third-order valence-corrected chi connectivity index (χ3v) is 3.49. The van der Waals surface area contributed by atoms with Gasteiger partial charge in [0.15, 0.2) is 0 Å². The van der Waals surface area contributed by atoms with Crippen LogP contribution in [0.25, 0.3) is 0 Å². The van der Waals surface area contributed by atoms with Crippen LogP contribution >= 0.6 is 11.6 Å². The van der Waals surface area contributed by atoms with Gasteiger partial charge in [-0.15, -0.1) is 0 Å².